The molecule has 0 aliphatic rings. The first-order chi connectivity index (χ1) is 7.77. The van der Waals surface area contributed by atoms with Gasteiger partial charge >= 0.3 is 5.97 Å². The van der Waals surface area contributed by atoms with Gasteiger partial charge in [0.1, 0.15) is 6.04 Å². The van der Waals surface area contributed by atoms with Gasteiger partial charge in [0.15, 0.2) is 0 Å². The van der Waals surface area contributed by atoms with E-state index >= 15 is 0 Å². The van der Waals surface area contributed by atoms with Gasteiger partial charge in [0.2, 0.25) is 0 Å². The lowest BCUT2D eigenvalue weighted by Crippen LogP contribution is -2.39. The van der Waals surface area contributed by atoms with Crippen LogP contribution in [-0.2, 0) is 16.0 Å². The Hall–Kier alpha value is -1.61. The maximum atomic E-state index is 11.5. The van der Waals surface area contributed by atoms with Gasteiger partial charge in [-0.1, -0.05) is 36.4 Å². The minimum Gasteiger partial charge on any atom is -0.468 e. The molecule has 0 aromatic heterocycles. The van der Waals surface area contributed by atoms with Gasteiger partial charge in [-0.15, -0.1) is 6.58 Å². The SMILES string of the molecule is C=CCNC(Cc1ccccc1)C(=O)OC. The van der Waals surface area contributed by atoms with Crippen molar-refractivity contribution in [3.05, 3.63) is 48.6 Å². The molecule has 0 amide bonds. The number of benzene rings is 1. The first-order valence-corrected chi connectivity index (χ1v) is 5.24. The summed E-state index contributed by atoms with van der Waals surface area (Å²) < 4.78 is 4.75. The Morgan fingerprint density at radius 2 is 2.19 bits per heavy atom. The summed E-state index contributed by atoms with van der Waals surface area (Å²) in [6.45, 7) is 4.20. The van der Waals surface area contributed by atoms with Crippen LogP contribution in [0.4, 0.5) is 0 Å². The first-order valence-electron chi connectivity index (χ1n) is 5.24. The molecule has 1 aromatic carbocycles. The van der Waals surface area contributed by atoms with E-state index in [1.165, 1.54) is 7.11 Å². The molecule has 3 heteroatoms. The number of methoxy groups -OCH3 is 1. The van der Waals surface area contributed by atoms with E-state index in [9.17, 15) is 4.79 Å². The Balaban J connectivity index is 2.63. The van der Waals surface area contributed by atoms with E-state index in [1.54, 1.807) is 6.08 Å². The summed E-state index contributed by atoms with van der Waals surface area (Å²) >= 11 is 0. The highest BCUT2D eigenvalue weighted by Gasteiger charge is 2.17. The molecule has 0 aliphatic carbocycles. The lowest BCUT2D eigenvalue weighted by atomic mass is 10.1. The Morgan fingerprint density at radius 3 is 2.75 bits per heavy atom. The van der Waals surface area contributed by atoms with Gasteiger partial charge in [-0.25, -0.2) is 0 Å². The Labute approximate surface area is 96.1 Å². The van der Waals surface area contributed by atoms with Crippen LogP contribution in [0.5, 0.6) is 0 Å². The van der Waals surface area contributed by atoms with Crippen molar-refractivity contribution >= 4 is 5.97 Å². The van der Waals surface area contributed by atoms with Crippen molar-refractivity contribution in [1.82, 2.24) is 5.32 Å². The van der Waals surface area contributed by atoms with Crippen LogP contribution in [-0.4, -0.2) is 25.7 Å². The van der Waals surface area contributed by atoms with Crippen LogP contribution < -0.4 is 5.32 Å². The molecule has 1 aromatic rings. The molecule has 0 aliphatic heterocycles. The van der Waals surface area contributed by atoms with Gasteiger partial charge in [-0.3, -0.25) is 4.79 Å². The number of carbonyl (C=O) groups is 1. The number of esters is 1. The molecule has 0 heterocycles. The van der Waals surface area contributed by atoms with Crippen LogP contribution >= 0.6 is 0 Å². The fraction of sp³-hybridized carbons (Fsp3) is 0.308. The molecular formula is C13H17NO2. The molecule has 86 valence electrons. The second-order valence-electron chi connectivity index (χ2n) is 3.46. The number of rotatable bonds is 6. The van der Waals surface area contributed by atoms with Gasteiger partial charge in [0.05, 0.1) is 7.11 Å². The van der Waals surface area contributed by atoms with E-state index < -0.39 is 0 Å². The smallest absolute Gasteiger partial charge is 0.323 e. The van der Waals surface area contributed by atoms with Crippen molar-refractivity contribution in [2.24, 2.45) is 0 Å². The summed E-state index contributed by atoms with van der Waals surface area (Å²) in [5.74, 6) is -0.245. The van der Waals surface area contributed by atoms with Crippen molar-refractivity contribution in [2.75, 3.05) is 13.7 Å². The maximum Gasteiger partial charge on any atom is 0.323 e. The Kier molecular flexibility index (Phi) is 5.29. The zero-order chi connectivity index (χ0) is 11.8. The highest BCUT2D eigenvalue weighted by Crippen LogP contribution is 2.04. The molecule has 0 saturated heterocycles. The van der Waals surface area contributed by atoms with Crippen molar-refractivity contribution < 1.29 is 9.53 Å². The summed E-state index contributed by atoms with van der Waals surface area (Å²) in [4.78, 5) is 11.5. The van der Waals surface area contributed by atoms with Crippen molar-refractivity contribution in [2.45, 2.75) is 12.5 Å². The highest BCUT2D eigenvalue weighted by atomic mass is 16.5. The molecule has 1 atom stereocenters. The normalized spacial score (nSPS) is 11.8. The second kappa shape index (κ2) is 6.80. The second-order valence-corrected chi connectivity index (χ2v) is 3.46. The molecule has 1 unspecified atom stereocenters. The number of carbonyl (C=O) groups excluding carboxylic acids is 1. The van der Waals surface area contributed by atoms with Crippen molar-refractivity contribution in [1.29, 1.82) is 0 Å². The summed E-state index contributed by atoms with van der Waals surface area (Å²) in [6.07, 6.45) is 2.35. The summed E-state index contributed by atoms with van der Waals surface area (Å²) in [5.41, 5.74) is 1.11. The van der Waals surface area contributed by atoms with Gasteiger partial charge in [-0.05, 0) is 12.0 Å². The molecule has 16 heavy (non-hydrogen) atoms. The molecule has 0 fully saturated rings. The molecule has 0 saturated carbocycles. The van der Waals surface area contributed by atoms with Crippen LogP contribution in [0.2, 0.25) is 0 Å². The molecule has 0 radical (unpaired) electrons. The molecule has 0 spiro atoms. The lowest BCUT2D eigenvalue weighted by Gasteiger charge is -2.15. The Morgan fingerprint density at radius 1 is 1.50 bits per heavy atom. The number of ether oxygens (including phenoxy) is 1. The van der Waals surface area contributed by atoms with Gasteiger partial charge in [-0.2, -0.15) is 0 Å². The van der Waals surface area contributed by atoms with Crippen LogP contribution in [0.25, 0.3) is 0 Å². The number of hydrogen-bond donors (Lipinski definition) is 1. The first kappa shape index (κ1) is 12.5. The molecule has 3 nitrogen and oxygen atoms in total. The quantitative estimate of drug-likeness (QED) is 0.582. The monoisotopic (exact) mass is 219 g/mol. The lowest BCUT2D eigenvalue weighted by molar-refractivity contribution is -0.143. The third-order valence-corrected chi connectivity index (χ3v) is 2.28. The topological polar surface area (TPSA) is 38.3 Å². The van der Waals surface area contributed by atoms with Crippen LogP contribution in [0.1, 0.15) is 5.56 Å². The largest absolute Gasteiger partial charge is 0.468 e. The van der Waals surface area contributed by atoms with Crippen LogP contribution in [0, 0.1) is 0 Å². The van der Waals surface area contributed by atoms with Crippen molar-refractivity contribution in [3.8, 4) is 0 Å². The van der Waals surface area contributed by atoms with E-state index in [1.807, 2.05) is 30.3 Å². The fourth-order valence-electron chi connectivity index (χ4n) is 1.46. The van der Waals surface area contributed by atoms with Gasteiger partial charge in [0.25, 0.3) is 0 Å². The minimum absolute atomic E-state index is 0.245. The minimum atomic E-state index is -0.314. The Bertz CT molecular complexity index is 335. The number of hydrogen-bond acceptors (Lipinski definition) is 3. The predicted octanol–water partition coefficient (Wildman–Crippen LogP) is 1.55. The summed E-state index contributed by atoms with van der Waals surface area (Å²) in [5, 5.41) is 3.08. The third-order valence-electron chi connectivity index (χ3n) is 2.28. The number of nitrogens with one attached hydrogen (secondary N) is 1. The van der Waals surface area contributed by atoms with E-state index in [0.717, 1.165) is 5.56 Å². The third kappa shape index (κ3) is 3.87. The standard InChI is InChI=1S/C13H17NO2/c1-3-9-14-12(13(15)16-2)10-11-7-5-4-6-8-11/h3-8,12,14H,1,9-10H2,2H3. The zero-order valence-corrected chi connectivity index (χ0v) is 9.48. The van der Waals surface area contributed by atoms with E-state index in [0.29, 0.717) is 13.0 Å². The van der Waals surface area contributed by atoms with Gasteiger partial charge in [0, 0.05) is 6.54 Å². The highest BCUT2D eigenvalue weighted by molar-refractivity contribution is 5.76. The molecule has 1 N–H and O–H groups in total. The van der Waals surface area contributed by atoms with E-state index in [2.05, 4.69) is 11.9 Å². The summed E-state index contributed by atoms with van der Waals surface area (Å²) in [6, 6.07) is 9.53. The van der Waals surface area contributed by atoms with E-state index in [4.69, 9.17) is 4.74 Å². The average molecular weight is 219 g/mol. The maximum absolute atomic E-state index is 11.5. The van der Waals surface area contributed by atoms with Crippen LogP contribution in [0.15, 0.2) is 43.0 Å². The van der Waals surface area contributed by atoms with Crippen molar-refractivity contribution in [3.63, 3.8) is 0 Å². The predicted molar refractivity (Wildman–Crippen MR) is 64.1 cm³/mol. The molecule has 0 bridgehead atoms. The summed E-state index contributed by atoms with van der Waals surface area (Å²) in [7, 11) is 1.40. The zero-order valence-electron chi connectivity index (χ0n) is 9.48. The molecular weight excluding hydrogens is 202 g/mol. The molecule has 1 rings (SSSR count). The van der Waals surface area contributed by atoms with E-state index in [-0.39, 0.29) is 12.0 Å². The van der Waals surface area contributed by atoms with Gasteiger partial charge < -0.3 is 10.1 Å². The van der Waals surface area contributed by atoms with Crippen LogP contribution in [0.3, 0.4) is 0 Å². The fourth-order valence-corrected chi connectivity index (χ4v) is 1.46. The average Bonchev–Trinajstić information content (AvgIpc) is 2.34.